The number of anilines is 2. The lowest BCUT2D eigenvalue weighted by atomic mass is 10.1. The van der Waals surface area contributed by atoms with Crippen molar-refractivity contribution in [3.05, 3.63) is 54.1 Å². The number of phenolic OH excluding ortho intramolecular Hbond substituents is 1. The molecule has 2 aromatic rings. The summed E-state index contributed by atoms with van der Waals surface area (Å²) in [6.45, 7) is 1.25. The summed E-state index contributed by atoms with van der Waals surface area (Å²) >= 11 is 0. The topological polar surface area (TPSA) is 99.7 Å². The van der Waals surface area contributed by atoms with Crippen molar-refractivity contribution in [3.63, 3.8) is 0 Å². The van der Waals surface area contributed by atoms with Gasteiger partial charge in [-0.15, -0.1) is 0 Å². The van der Waals surface area contributed by atoms with Crippen molar-refractivity contribution < 1.29 is 19.4 Å². The zero-order valence-electron chi connectivity index (χ0n) is 15.6. The Balaban J connectivity index is 1.41. The van der Waals surface area contributed by atoms with E-state index in [9.17, 15) is 14.7 Å². The summed E-state index contributed by atoms with van der Waals surface area (Å²) in [7, 11) is 0. The highest BCUT2D eigenvalue weighted by Gasteiger charge is 2.16. The maximum atomic E-state index is 12.1. The monoisotopic (exact) mass is 383 g/mol. The summed E-state index contributed by atoms with van der Waals surface area (Å²) in [6, 6.07) is 13.6. The zero-order chi connectivity index (χ0) is 19.8. The third-order valence-corrected chi connectivity index (χ3v) is 4.55. The number of ether oxygens (including phenoxy) is 1. The number of amides is 3. The Bertz CT molecular complexity index is 802. The van der Waals surface area contributed by atoms with Crippen LogP contribution in [0.25, 0.3) is 0 Å². The number of carbonyl (C=O) groups excluding carboxylic acids is 2. The van der Waals surface area contributed by atoms with Crippen LogP contribution in [0.2, 0.25) is 0 Å². The second-order valence-electron chi connectivity index (χ2n) is 6.72. The fourth-order valence-corrected chi connectivity index (χ4v) is 3.02. The van der Waals surface area contributed by atoms with Gasteiger partial charge in [-0.3, -0.25) is 4.79 Å². The summed E-state index contributed by atoms with van der Waals surface area (Å²) in [5, 5.41) is 18.1. The molecule has 1 heterocycles. The van der Waals surface area contributed by atoms with Crippen molar-refractivity contribution in [2.24, 2.45) is 0 Å². The molecule has 1 fully saturated rings. The van der Waals surface area contributed by atoms with Gasteiger partial charge >= 0.3 is 6.03 Å². The Morgan fingerprint density at radius 3 is 2.43 bits per heavy atom. The van der Waals surface area contributed by atoms with Gasteiger partial charge in [0.05, 0.1) is 6.10 Å². The van der Waals surface area contributed by atoms with E-state index < -0.39 is 0 Å². The lowest BCUT2D eigenvalue weighted by Gasteiger charge is -2.12. The number of benzene rings is 2. The Morgan fingerprint density at radius 1 is 1.04 bits per heavy atom. The van der Waals surface area contributed by atoms with E-state index in [0.717, 1.165) is 25.0 Å². The van der Waals surface area contributed by atoms with Gasteiger partial charge < -0.3 is 25.8 Å². The molecule has 148 valence electrons. The molecule has 0 aromatic heterocycles. The maximum absolute atomic E-state index is 12.1. The van der Waals surface area contributed by atoms with Gasteiger partial charge in [0.1, 0.15) is 5.75 Å². The molecule has 1 unspecified atom stereocenters. The first-order chi connectivity index (χ1) is 13.6. The van der Waals surface area contributed by atoms with Gasteiger partial charge in [-0.25, -0.2) is 4.79 Å². The Kier molecular flexibility index (Phi) is 6.86. The van der Waals surface area contributed by atoms with Crippen LogP contribution in [0.1, 0.15) is 24.8 Å². The van der Waals surface area contributed by atoms with Crippen molar-refractivity contribution in [1.29, 1.82) is 0 Å². The van der Waals surface area contributed by atoms with Crippen LogP contribution in [0.3, 0.4) is 0 Å². The average Bonchev–Trinajstić information content (AvgIpc) is 3.21. The number of nitrogens with one attached hydrogen (secondary N) is 3. The van der Waals surface area contributed by atoms with Crippen molar-refractivity contribution in [2.75, 3.05) is 23.8 Å². The van der Waals surface area contributed by atoms with Crippen molar-refractivity contribution >= 4 is 23.3 Å². The van der Waals surface area contributed by atoms with Gasteiger partial charge in [-0.2, -0.15) is 0 Å². The number of hydrogen-bond acceptors (Lipinski definition) is 4. The van der Waals surface area contributed by atoms with Gasteiger partial charge in [-0.1, -0.05) is 18.2 Å². The molecule has 3 amide bonds. The first-order valence-electron chi connectivity index (χ1n) is 9.43. The van der Waals surface area contributed by atoms with Crippen LogP contribution in [-0.4, -0.2) is 36.3 Å². The second-order valence-corrected chi connectivity index (χ2v) is 6.72. The smallest absolute Gasteiger partial charge is 0.319 e. The van der Waals surface area contributed by atoms with Crippen molar-refractivity contribution in [3.8, 4) is 5.75 Å². The van der Waals surface area contributed by atoms with E-state index in [2.05, 4.69) is 16.0 Å². The molecular formula is C21H25N3O4. The standard InChI is InChI=1S/C21H25N3O4/c25-19-6-2-1-4-15(19)7-12-20(26)23-16-8-10-17(11-9-16)24-21(27)22-14-18-5-3-13-28-18/h1-2,4,6,8-11,18,25H,3,5,7,12-14H2,(H,23,26)(H2,22,24,27). The van der Waals surface area contributed by atoms with E-state index in [1.165, 1.54) is 0 Å². The molecule has 0 aliphatic carbocycles. The molecule has 0 radical (unpaired) electrons. The molecular weight excluding hydrogens is 358 g/mol. The Labute approximate surface area is 164 Å². The molecule has 0 spiro atoms. The SMILES string of the molecule is O=C(CCc1ccccc1O)Nc1ccc(NC(=O)NCC2CCCO2)cc1. The quantitative estimate of drug-likeness (QED) is 0.590. The van der Waals surface area contributed by atoms with Crippen LogP contribution in [-0.2, 0) is 16.0 Å². The fraction of sp³-hybridized carbons (Fsp3) is 0.333. The number of phenols is 1. The number of aryl methyl sites for hydroxylation is 1. The number of hydrogen-bond donors (Lipinski definition) is 4. The van der Waals surface area contributed by atoms with E-state index in [-0.39, 0.29) is 30.2 Å². The summed E-state index contributed by atoms with van der Waals surface area (Å²) in [6.07, 6.45) is 2.83. The van der Waals surface area contributed by atoms with Crippen LogP contribution in [0.15, 0.2) is 48.5 Å². The van der Waals surface area contributed by atoms with E-state index in [0.29, 0.717) is 24.3 Å². The van der Waals surface area contributed by atoms with E-state index in [1.54, 1.807) is 42.5 Å². The van der Waals surface area contributed by atoms with Crippen LogP contribution in [0.5, 0.6) is 5.75 Å². The lowest BCUT2D eigenvalue weighted by Crippen LogP contribution is -2.35. The van der Waals surface area contributed by atoms with Gasteiger partial charge in [0.2, 0.25) is 5.91 Å². The predicted molar refractivity (Wildman–Crippen MR) is 107 cm³/mol. The van der Waals surface area contributed by atoms with Gasteiger partial charge in [0, 0.05) is 30.9 Å². The number of rotatable bonds is 7. The van der Waals surface area contributed by atoms with Crippen LogP contribution >= 0.6 is 0 Å². The summed E-state index contributed by atoms with van der Waals surface area (Å²) in [5.41, 5.74) is 2.02. The third kappa shape index (κ3) is 5.99. The molecule has 1 aliphatic rings. The van der Waals surface area contributed by atoms with E-state index in [1.807, 2.05) is 6.07 Å². The highest BCUT2D eigenvalue weighted by molar-refractivity contribution is 5.92. The maximum Gasteiger partial charge on any atom is 0.319 e. The van der Waals surface area contributed by atoms with Crippen molar-refractivity contribution in [2.45, 2.75) is 31.8 Å². The minimum Gasteiger partial charge on any atom is -0.508 e. The summed E-state index contributed by atoms with van der Waals surface area (Å²) in [4.78, 5) is 24.0. The minimum atomic E-state index is -0.282. The normalized spacial score (nSPS) is 15.8. The first kappa shape index (κ1) is 19.7. The first-order valence-corrected chi connectivity index (χ1v) is 9.43. The average molecular weight is 383 g/mol. The van der Waals surface area contributed by atoms with Gasteiger partial charge in [-0.05, 0) is 55.2 Å². The zero-order valence-corrected chi connectivity index (χ0v) is 15.6. The molecule has 1 aliphatic heterocycles. The van der Waals surface area contributed by atoms with Gasteiger partial charge in [0.15, 0.2) is 0 Å². The molecule has 1 atom stereocenters. The molecule has 1 saturated heterocycles. The third-order valence-electron chi connectivity index (χ3n) is 4.55. The molecule has 3 rings (SSSR count). The largest absolute Gasteiger partial charge is 0.508 e. The van der Waals surface area contributed by atoms with Crippen LogP contribution in [0.4, 0.5) is 16.2 Å². The molecule has 4 N–H and O–H groups in total. The fourth-order valence-electron chi connectivity index (χ4n) is 3.02. The Morgan fingerprint density at radius 2 is 1.75 bits per heavy atom. The minimum absolute atomic E-state index is 0.0983. The number of urea groups is 1. The molecule has 7 heteroatoms. The summed E-state index contributed by atoms with van der Waals surface area (Å²) in [5.74, 6) is 0.0572. The van der Waals surface area contributed by atoms with Gasteiger partial charge in [0.25, 0.3) is 0 Å². The second kappa shape index (κ2) is 9.75. The van der Waals surface area contributed by atoms with Crippen molar-refractivity contribution in [1.82, 2.24) is 5.32 Å². The molecule has 0 bridgehead atoms. The highest BCUT2D eigenvalue weighted by Crippen LogP contribution is 2.18. The lowest BCUT2D eigenvalue weighted by molar-refractivity contribution is -0.116. The van der Waals surface area contributed by atoms with E-state index in [4.69, 9.17) is 4.74 Å². The Hall–Kier alpha value is -3.06. The number of para-hydroxylation sites is 1. The van der Waals surface area contributed by atoms with Crippen LogP contribution < -0.4 is 16.0 Å². The number of aromatic hydroxyl groups is 1. The summed E-state index contributed by atoms with van der Waals surface area (Å²) < 4.78 is 5.46. The highest BCUT2D eigenvalue weighted by atomic mass is 16.5. The van der Waals surface area contributed by atoms with E-state index >= 15 is 0 Å². The number of carbonyl (C=O) groups is 2. The molecule has 0 saturated carbocycles. The molecule has 28 heavy (non-hydrogen) atoms. The predicted octanol–water partition coefficient (Wildman–Crippen LogP) is 3.26. The molecule has 2 aromatic carbocycles. The molecule has 7 nitrogen and oxygen atoms in total. The van der Waals surface area contributed by atoms with Crippen LogP contribution in [0, 0.1) is 0 Å².